The van der Waals surface area contributed by atoms with Gasteiger partial charge in [-0.2, -0.15) is 4.31 Å². The van der Waals surface area contributed by atoms with Crippen molar-refractivity contribution in [2.24, 2.45) is 0 Å². The number of aromatic nitrogens is 1. The first-order chi connectivity index (χ1) is 14.9. The van der Waals surface area contributed by atoms with Gasteiger partial charge in [-0.05, 0) is 23.8 Å². The summed E-state index contributed by atoms with van der Waals surface area (Å²) in [6.07, 6.45) is 0.824. The zero-order valence-electron chi connectivity index (χ0n) is 16.4. The van der Waals surface area contributed by atoms with Crippen molar-refractivity contribution < 1.29 is 17.9 Å². The van der Waals surface area contributed by atoms with E-state index >= 15 is 0 Å². The third-order valence-electron chi connectivity index (χ3n) is 5.05. The lowest BCUT2D eigenvalue weighted by Gasteiger charge is -2.33. The molecule has 1 fully saturated rings. The van der Waals surface area contributed by atoms with E-state index in [1.807, 2.05) is 36.4 Å². The molecule has 2 aromatic carbocycles. The molecule has 1 aliphatic heterocycles. The highest BCUT2D eigenvalue weighted by Gasteiger charge is 2.32. The molecule has 0 bridgehead atoms. The maximum absolute atomic E-state index is 13.2. The normalized spacial score (nSPS) is 15.2. The number of sulfonamides is 1. The van der Waals surface area contributed by atoms with E-state index in [4.69, 9.17) is 16.3 Å². The average molecular weight is 525 g/mol. The van der Waals surface area contributed by atoms with E-state index in [0.29, 0.717) is 10.9 Å². The van der Waals surface area contributed by atoms with Crippen LogP contribution in [0.15, 0.2) is 64.1 Å². The molecule has 2 heterocycles. The zero-order chi connectivity index (χ0) is 22.0. The van der Waals surface area contributed by atoms with Crippen LogP contribution in [0.4, 0.5) is 4.79 Å². The second-order valence-corrected chi connectivity index (χ2v) is 10.2. The Balaban J connectivity index is 1.44. The van der Waals surface area contributed by atoms with Gasteiger partial charge in [-0.1, -0.05) is 57.9 Å². The van der Waals surface area contributed by atoms with Gasteiger partial charge in [0, 0.05) is 42.2 Å². The van der Waals surface area contributed by atoms with Gasteiger partial charge < -0.3 is 9.64 Å². The number of halogens is 2. The van der Waals surface area contributed by atoms with E-state index in [9.17, 15) is 13.2 Å². The van der Waals surface area contributed by atoms with Gasteiger partial charge in [0.25, 0.3) is 0 Å². The maximum atomic E-state index is 13.2. The maximum Gasteiger partial charge on any atom is 0.410 e. The molecular formula is C21H19BrClN3O4S. The summed E-state index contributed by atoms with van der Waals surface area (Å²) >= 11 is 9.81. The number of hydrogen-bond acceptors (Lipinski definition) is 5. The highest BCUT2D eigenvalue weighted by atomic mass is 79.9. The first-order valence-corrected chi connectivity index (χ1v) is 12.2. The van der Waals surface area contributed by atoms with Gasteiger partial charge in [-0.3, -0.25) is 4.98 Å². The van der Waals surface area contributed by atoms with Crippen LogP contribution in [0.25, 0.3) is 10.9 Å². The van der Waals surface area contributed by atoms with E-state index in [1.165, 1.54) is 15.4 Å². The summed E-state index contributed by atoms with van der Waals surface area (Å²) in [5.74, 6) is 0. The topological polar surface area (TPSA) is 79.8 Å². The van der Waals surface area contributed by atoms with Crippen molar-refractivity contribution >= 4 is 54.6 Å². The Morgan fingerprint density at radius 1 is 1.10 bits per heavy atom. The first-order valence-electron chi connectivity index (χ1n) is 9.56. The van der Waals surface area contributed by atoms with Crippen molar-refractivity contribution in [1.29, 1.82) is 0 Å². The lowest BCUT2D eigenvalue weighted by Crippen LogP contribution is -2.50. The number of rotatable bonds is 4. The SMILES string of the molecule is O=C(OCc1ccccc1)N1CCN(S(=O)(=O)c2cnc3ccc(Br)cc3c2Cl)CC1. The highest BCUT2D eigenvalue weighted by molar-refractivity contribution is 9.10. The molecule has 0 unspecified atom stereocenters. The number of carbonyl (C=O) groups excluding carboxylic acids is 1. The molecule has 0 saturated carbocycles. The van der Waals surface area contributed by atoms with Crippen molar-refractivity contribution in [3.8, 4) is 0 Å². The summed E-state index contributed by atoms with van der Waals surface area (Å²) in [4.78, 5) is 18.0. The lowest BCUT2D eigenvalue weighted by atomic mass is 10.2. The van der Waals surface area contributed by atoms with Gasteiger partial charge in [0.15, 0.2) is 0 Å². The van der Waals surface area contributed by atoms with Crippen LogP contribution in [0.3, 0.4) is 0 Å². The fourth-order valence-electron chi connectivity index (χ4n) is 3.35. The quantitative estimate of drug-likeness (QED) is 0.509. The van der Waals surface area contributed by atoms with Gasteiger partial charge >= 0.3 is 6.09 Å². The molecular weight excluding hydrogens is 506 g/mol. The molecule has 1 saturated heterocycles. The molecule has 10 heteroatoms. The standard InChI is InChI=1S/C21H19BrClN3O4S/c22-16-6-7-18-17(12-16)20(23)19(13-24-18)31(28,29)26-10-8-25(9-11-26)21(27)30-14-15-4-2-1-3-5-15/h1-7,12-13H,8-11,14H2. The third kappa shape index (κ3) is 4.69. The molecule has 162 valence electrons. The van der Waals surface area contributed by atoms with Crippen molar-refractivity contribution in [3.63, 3.8) is 0 Å². The number of ether oxygens (including phenoxy) is 1. The predicted octanol–water partition coefficient (Wildman–Crippen LogP) is 4.29. The van der Waals surface area contributed by atoms with Crippen LogP contribution in [-0.2, 0) is 21.4 Å². The minimum Gasteiger partial charge on any atom is -0.445 e. The second-order valence-electron chi connectivity index (χ2n) is 7.03. The van der Waals surface area contributed by atoms with Crippen LogP contribution in [0.2, 0.25) is 5.02 Å². The number of pyridine rings is 1. The first kappa shape index (κ1) is 22.0. The molecule has 1 aliphatic rings. The molecule has 0 radical (unpaired) electrons. The number of hydrogen-bond donors (Lipinski definition) is 0. The Morgan fingerprint density at radius 3 is 2.52 bits per heavy atom. The van der Waals surface area contributed by atoms with E-state index in [2.05, 4.69) is 20.9 Å². The zero-order valence-corrected chi connectivity index (χ0v) is 19.5. The Bertz CT molecular complexity index is 1220. The summed E-state index contributed by atoms with van der Waals surface area (Å²) in [5, 5.41) is 0.691. The molecule has 0 spiro atoms. The minimum absolute atomic E-state index is 0.0418. The fraction of sp³-hybridized carbons (Fsp3) is 0.238. The van der Waals surface area contributed by atoms with Gasteiger partial charge in [0.1, 0.15) is 11.5 Å². The number of carbonyl (C=O) groups is 1. The molecule has 3 aromatic rings. The summed E-state index contributed by atoms with van der Waals surface area (Å²) in [6, 6.07) is 14.7. The lowest BCUT2D eigenvalue weighted by molar-refractivity contribution is 0.0838. The second kappa shape index (κ2) is 9.12. The van der Waals surface area contributed by atoms with Crippen LogP contribution < -0.4 is 0 Å². The van der Waals surface area contributed by atoms with E-state index < -0.39 is 16.1 Å². The minimum atomic E-state index is -3.86. The van der Waals surface area contributed by atoms with Gasteiger partial charge in [0.2, 0.25) is 10.0 Å². The smallest absolute Gasteiger partial charge is 0.410 e. The average Bonchev–Trinajstić information content (AvgIpc) is 2.78. The van der Waals surface area contributed by atoms with E-state index in [1.54, 1.807) is 12.1 Å². The third-order valence-corrected chi connectivity index (χ3v) is 7.97. The van der Waals surface area contributed by atoms with Crippen molar-refractivity contribution in [1.82, 2.24) is 14.2 Å². The molecule has 1 aromatic heterocycles. The summed E-state index contributed by atoms with van der Waals surface area (Å²) in [7, 11) is -3.86. The highest BCUT2D eigenvalue weighted by Crippen LogP contribution is 2.32. The summed E-state index contributed by atoms with van der Waals surface area (Å²) in [6.45, 7) is 0.936. The molecule has 0 N–H and O–H groups in total. The molecule has 1 amide bonds. The predicted molar refractivity (Wildman–Crippen MR) is 121 cm³/mol. The fourth-order valence-corrected chi connectivity index (χ4v) is 5.65. The number of benzene rings is 2. The Labute approximate surface area is 193 Å². The van der Waals surface area contributed by atoms with Crippen molar-refractivity contribution in [2.45, 2.75) is 11.5 Å². The summed E-state index contributed by atoms with van der Waals surface area (Å²) < 4.78 is 33.8. The number of fused-ring (bicyclic) bond motifs is 1. The summed E-state index contributed by atoms with van der Waals surface area (Å²) in [5.41, 5.74) is 1.50. The van der Waals surface area contributed by atoms with Gasteiger partial charge in [-0.15, -0.1) is 0 Å². The Hall–Kier alpha value is -2.20. The van der Waals surface area contributed by atoms with Crippen LogP contribution in [0.5, 0.6) is 0 Å². The largest absolute Gasteiger partial charge is 0.445 e. The van der Waals surface area contributed by atoms with Crippen LogP contribution in [0, 0.1) is 0 Å². The Kier molecular flexibility index (Phi) is 6.47. The van der Waals surface area contributed by atoms with Crippen molar-refractivity contribution in [3.05, 3.63) is 69.8 Å². The van der Waals surface area contributed by atoms with Gasteiger partial charge in [-0.25, -0.2) is 13.2 Å². The van der Waals surface area contributed by atoms with E-state index in [0.717, 1.165) is 10.0 Å². The molecule has 7 nitrogen and oxygen atoms in total. The molecule has 4 rings (SSSR count). The number of piperazine rings is 1. The van der Waals surface area contributed by atoms with E-state index in [-0.39, 0.29) is 42.7 Å². The monoisotopic (exact) mass is 523 g/mol. The van der Waals surface area contributed by atoms with Crippen LogP contribution >= 0.6 is 27.5 Å². The van der Waals surface area contributed by atoms with Gasteiger partial charge in [0.05, 0.1) is 10.5 Å². The van der Waals surface area contributed by atoms with Crippen LogP contribution in [0.1, 0.15) is 5.56 Å². The Morgan fingerprint density at radius 2 is 1.81 bits per heavy atom. The number of nitrogens with zero attached hydrogens (tertiary/aromatic N) is 3. The van der Waals surface area contributed by atoms with Crippen LogP contribution in [-0.4, -0.2) is 54.9 Å². The van der Waals surface area contributed by atoms with Crippen molar-refractivity contribution in [2.75, 3.05) is 26.2 Å². The molecule has 31 heavy (non-hydrogen) atoms. The molecule has 0 aliphatic carbocycles. The molecule has 0 atom stereocenters. The number of amides is 1.